The van der Waals surface area contributed by atoms with Gasteiger partial charge < -0.3 is 14.7 Å². The van der Waals surface area contributed by atoms with Crippen LogP contribution in [0.15, 0.2) is 137 Å². The van der Waals surface area contributed by atoms with E-state index in [1.807, 2.05) is 71.8 Å². The Labute approximate surface area is 275 Å². The number of benzene rings is 5. The number of aromatic nitrogens is 1. The first kappa shape index (κ1) is 24.2. The number of hydrogen-bond donors (Lipinski definition) is 0. The largest absolute Gasteiger partial charge is 0.504 e. The number of hydrogen-bond acceptors (Lipinski definition) is 5. The van der Waals surface area contributed by atoms with Gasteiger partial charge in [-0.1, -0.05) is 71.9 Å². The molecule has 0 spiro atoms. The summed E-state index contributed by atoms with van der Waals surface area (Å²) in [6.45, 7) is -0.670. The molecule has 0 saturated heterocycles. The van der Waals surface area contributed by atoms with Gasteiger partial charge in [0, 0.05) is 48.3 Å². The van der Waals surface area contributed by atoms with Crippen molar-refractivity contribution < 1.29 is 25.2 Å². The Morgan fingerprint density at radius 2 is 1.35 bits per heavy atom. The summed E-state index contributed by atoms with van der Waals surface area (Å²) < 4.78 is 24.1. The van der Waals surface area contributed by atoms with Crippen LogP contribution in [0.1, 0.15) is 4.11 Å². The predicted molar refractivity (Wildman–Crippen MR) is 173 cm³/mol. The second-order valence-corrected chi connectivity index (χ2v) is 11.1. The Balaban J connectivity index is 0.00000338. The standard InChI is InChI=1S/C37H25N4S.Pt/c1-39-25-40(35-18-7-6-17-34(35)39)26-11-10-12-27(23-26)42-28-20-21-32-30-14-3-2-13-29(30)31-15-4-5-16-33(31)41(36(32)24-28)37-19-8-9-22-38-37;/h2-22,25H,1H3;/q-3;/i1D3;. The van der Waals surface area contributed by atoms with E-state index in [0.29, 0.717) is 5.69 Å². The van der Waals surface area contributed by atoms with E-state index in [0.717, 1.165) is 60.6 Å². The first-order valence-corrected chi connectivity index (χ1v) is 14.5. The van der Waals surface area contributed by atoms with Gasteiger partial charge in [0.1, 0.15) is 5.82 Å². The molecule has 43 heavy (non-hydrogen) atoms. The third-order valence-corrected chi connectivity index (χ3v) is 8.43. The van der Waals surface area contributed by atoms with Gasteiger partial charge in [-0.15, -0.1) is 51.0 Å². The van der Waals surface area contributed by atoms with Crippen molar-refractivity contribution in [2.75, 3.05) is 21.7 Å². The van der Waals surface area contributed by atoms with Gasteiger partial charge in [0.15, 0.2) is 0 Å². The molecule has 3 heterocycles. The van der Waals surface area contributed by atoms with Crippen LogP contribution in [0.5, 0.6) is 0 Å². The summed E-state index contributed by atoms with van der Waals surface area (Å²) in [6.07, 6.45) is 1.82. The first-order valence-electron chi connectivity index (χ1n) is 15.1. The van der Waals surface area contributed by atoms with E-state index in [1.54, 1.807) is 18.4 Å². The van der Waals surface area contributed by atoms with Crippen LogP contribution in [0.2, 0.25) is 0 Å². The Bertz CT molecular complexity index is 2050. The van der Waals surface area contributed by atoms with Gasteiger partial charge >= 0.3 is 0 Å². The maximum Gasteiger partial charge on any atom is 0.135 e. The number of anilines is 6. The summed E-state index contributed by atoms with van der Waals surface area (Å²) in [5, 5.41) is 0. The maximum atomic E-state index is 8.04. The Morgan fingerprint density at radius 3 is 2.14 bits per heavy atom. The van der Waals surface area contributed by atoms with Crippen molar-refractivity contribution in [1.82, 2.24) is 4.98 Å². The minimum Gasteiger partial charge on any atom is -0.504 e. The molecule has 5 aromatic carbocycles. The second-order valence-electron chi connectivity index (χ2n) is 10.0. The van der Waals surface area contributed by atoms with Crippen molar-refractivity contribution in [2.45, 2.75) is 9.79 Å². The zero-order valence-electron chi connectivity index (χ0n) is 25.7. The van der Waals surface area contributed by atoms with E-state index in [2.05, 4.69) is 77.7 Å². The van der Waals surface area contributed by atoms with E-state index >= 15 is 0 Å². The molecule has 4 nitrogen and oxygen atoms in total. The number of pyridine rings is 1. The third kappa shape index (κ3) is 4.83. The van der Waals surface area contributed by atoms with Crippen LogP contribution in [0, 0.1) is 18.8 Å². The van der Waals surface area contributed by atoms with Gasteiger partial charge in [-0.25, -0.2) is 4.98 Å². The van der Waals surface area contributed by atoms with Crippen LogP contribution in [-0.4, -0.2) is 12.0 Å². The Morgan fingerprint density at radius 1 is 0.651 bits per heavy atom. The quantitative estimate of drug-likeness (QED) is 0.167. The summed E-state index contributed by atoms with van der Waals surface area (Å²) >= 11 is 1.56. The minimum atomic E-state index is -2.30. The van der Waals surface area contributed by atoms with Gasteiger partial charge in [-0.2, -0.15) is 30.9 Å². The predicted octanol–water partition coefficient (Wildman–Crippen LogP) is 9.66. The number of para-hydroxylation sites is 3. The number of fused-ring (bicyclic) bond motifs is 6. The summed E-state index contributed by atoms with van der Waals surface area (Å²) in [4.78, 5) is 12.0. The molecule has 1 aromatic heterocycles. The van der Waals surface area contributed by atoms with Crippen LogP contribution in [0.4, 0.5) is 34.3 Å². The van der Waals surface area contributed by atoms with Gasteiger partial charge in [0.05, 0.1) is 5.69 Å². The van der Waals surface area contributed by atoms with E-state index < -0.39 is 6.98 Å². The van der Waals surface area contributed by atoms with Crippen molar-refractivity contribution in [3.63, 3.8) is 0 Å². The molecule has 0 amide bonds. The maximum absolute atomic E-state index is 8.04. The minimum absolute atomic E-state index is 0. The summed E-state index contributed by atoms with van der Waals surface area (Å²) in [5.41, 5.74) is 8.66. The fourth-order valence-electron chi connectivity index (χ4n) is 5.67. The molecule has 0 radical (unpaired) electrons. The normalized spacial score (nSPS) is 14.2. The zero-order chi connectivity index (χ0) is 30.5. The van der Waals surface area contributed by atoms with E-state index in [9.17, 15) is 0 Å². The fraction of sp³-hybridized carbons (Fsp3) is 0.0270. The summed E-state index contributed by atoms with van der Waals surface area (Å²) in [5.74, 6) is 0.813. The topological polar surface area (TPSA) is 22.6 Å². The van der Waals surface area contributed by atoms with Crippen molar-refractivity contribution >= 4 is 46.0 Å². The van der Waals surface area contributed by atoms with E-state index in [1.165, 1.54) is 4.90 Å². The van der Waals surface area contributed by atoms with E-state index in [4.69, 9.17) is 9.10 Å². The average Bonchev–Trinajstić information content (AvgIpc) is 3.42. The Kier molecular flexibility index (Phi) is 6.41. The fourth-order valence-corrected chi connectivity index (χ4v) is 6.49. The first-order chi connectivity index (χ1) is 22.0. The molecular weight excluding hydrogens is 728 g/mol. The molecular formula is C37H25N4PtS-3. The summed E-state index contributed by atoms with van der Waals surface area (Å²) in [7, 11) is 0. The molecule has 8 rings (SSSR count). The molecule has 0 unspecified atom stereocenters. The number of rotatable bonds is 4. The monoisotopic (exact) mass is 755 g/mol. The van der Waals surface area contributed by atoms with Crippen LogP contribution in [0.3, 0.4) is 0 Å². The average molecular weight is 756 g/mol. The molecule has 0 saturated carbocycles. The number of nitrogens with zero attached hydrogens (tertiary/aromatic N) is 4. The Hall–Kier alpha value is -4.31. The van der Waals surface area contributed by atoms with Gasteiger partial charge in [-0.05, 0) is 42.9 Å². The van der Waals surface area contributed by atoms with Crippen molar-refractivity contribution in [1.29, 1.82) is 0 Å². The molecule has 6 heteroatoms. The van der Waals surface area contributed by atoms with Gasteiger partial charge in [-0.3, -0.25) is 0 Å². The molecule has 212 valence electrons. The third-order valence-electron chi connectivity index (χ3n) is 7.52. The molecule has 0 atom stereocenters. The SMILES string of the molecule is [2H]C([2H])([2H])N1[CH-]N(c2[c-]c(Sc3[c-]c4c(cc3)-c3ccccc3-c3ccccc3N4c3ccccn3)ccc2)c2ccccc21.[Pt]. The molecule has 2 aliphatic heterocycles. The van der Waals surface area contributed by atoms with Crippen molar-refractivity contribution in [3.05, 3.63) is 146 Å². The smallest absolute Gasteiger partial charge is 0.135 e. The molecule has 0 aliphatic carbocycles. The molecule has 6 aromatic rings. The van der Waals surface area contributed by atoms with Crippen molar-refractivity contribution in [2.24, 2.45) is 0 Å². The van der Waals surface area contributed by atoms with Crippen LogP contribution >= 0.6 is 11.8 Å². The molecule has 2 aliphatic rings. The van der Waals surface area contributed by atoms with E-state index in [-0.39, 0.29) is 21.1 Å². The molecule has 0 fully saturated rings. The van der Waals surface area contributed by atoms with Crippen molar-refractivity contribution in [3.8, 4) is 22.3 Å². The zero-order valence-corrected chi connectivity index (χ0v) is 25.8. The van der Waals surface area contributed by atoms with Crippen LogP contribution in [0.25, 0.3) is 22.3 Å². The molecule has 0 N–H and O–H groups in total. The molecule has 0 bridgehead atoms. The van der Waals surface area contributed by atoms with Crippen LogP contribution < -0.4 is 14.7 Å². The van der Waals surface area contributed by atoms with Gasteiger partial charge in [0.2, 0.25) is 0 Å². The van der Waals surface area contributed by atoms with Crippen LogP contribution in [-0.2, 0) is 21.1 Å². The second kappa shape index (κ2) is 11.4. The summed E-state index contributed by atoms with van der Waals surface area (Å²) in [6, 6.07) is 47.8. The van der Waals surface area contributed by atoms with Gasteiger partial charge in [0.25, 0.3) is 0 Å².